The summed E-state index contributed by atoms with van der Waals surface area (Å²) in [6, 6.07) is 14.4. The third-order valence-electron chi connectivity index (χ3n) is 5.67. The summed E-state index contributed by atoms with van der Waals surface area (Å²) in [4.78, 5) is 7.20. The van der Waals surface area contributed by atoms with Gasteiger partial charge in [0.05, 0.1) is 11.4 Å². The Bertz CT molecular complexity index is 828. The fraction of sp³-hybridized carbons (Fsp3) is 0.435. The zero-order valence-corrected chi connectivity index (χ0v) is 15.4. The van der Waals surface area contributed by atoms with Gasteiger partial charge in [0.2, 0.25) is 0 Å². The van der Waals surface area contributed by atoms with E-state index in [9.17, 15) is 5.11 Å². The standard InChI is InChI=1S/C23H26N2O/c1-2-6-21-19(9-10-22(24-21)18-7-4-3-5-8-18)11-14-23(26)17-25-15-12-20(23)13-16-25/h3-5,7-10,20,26H,2,6,12-13,15-17H2,1H3. The van der Waals surface area contributed by atoms with E-state index in [2.05, 4.69) is 41.9 Å². The third kappa shape index (κ3) is 3.40. The Kier molecular flexibility index (Phi) is 4.80. The Morgan fingerprint density at radius 3 is 2.58 bits per heavy atom. The van der Waals surface area contributed by atoms with Crippen LogP contribution in [0.1, 0.15) is 37.4 Å². The molecule has 0 amide bonds. The van der Waals surface area contributed by atoms with Crippen molar-refractivity contribution in [3.05, 3.63) is 53.7 Å². The summed E-state index contributed by atoms with van der Waals surface area (Å²) in [5.74, 6) is 6.82. The molecule has 0 spiro atoms. The van der Waals surface area contributed by atoms with Crippen LogP contribution in [0.4, 0.5) is 0 Å². The van der Waals surface area contributed by atoms with E-state index in [0.717, 1.165) is 61.3 Å². The number of rotatable bonds is 3. The lowest BCUT2D eigenvalue weighted by Crippen LogP contribution is -2.58. The van der Waals surface area contributed by atoms with Gasteiger partial charge in [-0.05, 0) is 44.5 Å². The van der Waals surface area contributed by atoms with Crippen LogP contribution in [0.2, 0.25) is 0 Å². The van der Waals surface area contributed by atoms with Gasteiger partial charge in [-0.25, -0.2) is 0 Å². The lowest BCUT2D eigenvalue weighted by molar-refractivity contribution is -0.0713. The van der Waals surface area contributed by atoms with Crippen LogP contribution >= 0.6 is 0 Å². The zero-order chi connectivity index (χ0) is 18.0. The molecular weight excluding hydrogens is 320 g/mol. The minimum absolute atomic E-state index is 0.311. The van der Waals surface area contributed by atoms with Crippen molar-refractivity contribution < 1.29 is 5.11 Å². The minimum atomic E-state index is -0.863. The number of fused-ring (bicyclic) bond motifs is 3. The lowest BCUT2D eigenvalue weighted by atomic mass is 9.75. The SMILES string of the molecule is CCCc1nc(-c2ccccc2)ccc1C#CC1(O)CN2CCC1CC2. The van der Waals surface area contributed by atoms with E-state index in [1.165, 1.54) is 0 Å². The Morgan fingerprint density at radius 1 is 1.15 bits per heavy atom. The average molecular weight is 346 g/mol. The van der Waals surface area contributed by atoms with Crippen LogP contribution in [0.15, 0.2) is 42.5 Å². The van der Waals surface area contributed by atoms with Crippen molar-refractivity contribution in [1.82, 2.24) is 9.88 Å². The molecule has 3 aliphatic rings. The highest BCUT2D eigenvalue weighted by molar-refractivity contribution is 5.60. The van der Waals surface area contributed by atoms with E-state index in [1.807, 2.05) is 24.3 Å². The van der Waals surface area contributed by atoms with E-state index >= 15 is 0 Å². The van der Waals surface area contributed by atoms with Gasteiger partial charge in [0.1, 0.15) is 5.60 Å². The molecular formula is C23H26N2O. The summed E-state index contributed by atoms with van der Waals surface area (Å²) < 4.78 is 0. The number of nitrogens with zero attached hydrogens (tertiary/aromatic N) is 2. The summed E-state index contributed by atoms with van der Waals surface area (Å²) in [5, 5.41) is 11.0. The molecule has 0 radical (unpaired) electrons. The number of aromatic nitrogens is 1. The van der Waals surface area contributed by atoms with Crippen LogP contribution < -0.4 is 0 Å². The van der Waals surface area contributed by atoms with Crippen molar-refractivity contribution >= 4 is 0 Å². The second-order valence-corrected chi connectivity index (χ2v) is 7.53. The Balaban J connectivity index is 1.65. The number of pyridine rings is 1. The Labute approximate surface area is 156 Å². The van der Waals surface area contributed by atoms with E-state index in [4.69, 9.17) is 4.98 Å². The molecule has 1 aromatic heterocycles. The van der Waals surface area contributed by atoms with Crippen LogP contribution in [0.5, 0.6) is 0 Å². The average Bonchev–Trinajstić information content (AvgIpc) is 2.69. The maximum Gasteiger partial charge on any atom is 0.141 e. The fourth-order valence-electron chi connectivity index (χ4n) is 4.17. The quantitative estimate of drug-likeness (QED) is 0.864. The zero-order valence-electron chi connectivity index (χ0n) is 15.4. The second kappa shape index (κ2) is 7.23. The molecule has 1 N–H and O–H groups in total. The number of piperidine rings is 3. The number of aryl methyl sites for hydroxylation is 1. The molecule has 3 fully saturated rings. The molecule has 1 aromatic carbocycles. The fourth-order valence-corrected chi connectivity index (χ4v) is 4.17. The number of benzene rings is 1. The molecule has 3 heteroatoms. The molecule has 3 nitrogen and oxygen atoms in total. The molecule has 3 saturated heterocycles. The summed E-state index contributed by atoms with van der Waals surface area (Å²) in [6.45, 7) is 5.05. The molecule has 4 heterocycles. The largest absolute Gasteiger partial charge is 0.376 e. The van der Waals surface area contributed by atoms with Crippen LogP contribution in [0, 0.1) is 17.8 Å². The highest BCUT2D eigenvalue weighted by atomic mass is 16.3. The lowest BCUT2D eigenvalue weighted by Gasteiger charge is -2.47. The summed E-state index contributed by atoms with van der Waals surface area (Å²) >= 11 is 0. The van der Waals surface area contributed by atoms with Gasteiger partial charge in [0.15, 0.2) is 0 Å². The Morgan fingerprint density at radius 2 is 1.92 bits per heavy atom. The predicted octanol–water partition coefficient (Wildman–Crippen LogP) is 3.51. The molecule has 1 atom stereocenters. The first-order valence-electron chi connectivity index (χ1n) is 9.71. The van der Waals surface area contributed by atoms with Gasteiger partial charge in [0.25, 0.3) is 0 Å². The maximum absolute atomic E-state index is 11.0. The predicted molar refractivity (Wildman–Crippen MR) is 105 cm³/mol. The molecule has 26 heavy (non-hydrogen) atoms. The van der Waals surface area contributed by atoms with Gasteiger partial charge >= 0.3 is 0 Å². The van der Waals surface area contributed by atoms with Crippen molar-refractivity contribution in [2.45, 2.75) is 38.2 Å². The highest BCUT2D eigenvalue weighted by Crippen LogP contribution is 2.35. The van der Waals surface area contributed by atoms with Crippen molar-refractivity contribution in [3.8, 4) is 23.1 Å². The summed E-state index contributed by atoms with van der Waals surface area (Å²) in [6.07, 6.45) is 4.04. The molecule has 1 unspecified atom stereocenters. The highest BCUT2D eigenvalue weighted by Gasteiger charge is 2.44. The van der Waals surface area contributed by atoms with Crippen LogP contribution in [0.3, 0.4) is 0 Å². The summed E-state index contributed by atoms with van der Waals surface area (Å²) in [5.41, 5.74) is 3.24. The van der Waals surface area contributed by atoms with Gasteiger partial charge in [-0.3, -0.25) is 9.88 Å². The first kappa shape index (κ1) is 17.3. The molecule has 5 rings (SSSR count). The molecule has 2 bridgehead atoms. The van der Waals surface area contributed by atoms with E-state index in [-0.39, 0.29) is 0 Å². The first-order valence-corrected chi connectivity index (χ1v) is 9.71. The van der Waals surface area contributed by atoms with E-state index < -0.39 is 5.60 Å². The topological polar surface area (TPSA) is 36.4 Å². The van der Waals surface area contributed by atoms with Crippen LogP contribution in [-0.2, 0) is 6.42 Å². The van der Waals surface area contributed by atoms with Gasteiger partial charge in [-0.1, -0.05) is 55.5 Å². The van der Waals surface area contributed by atoms with Gasteiger partial charge in [-0.15, -0.1) is 0 Å². The van der Waals surface area contributed by atoms with Crippen LogP contribution in [0.25, 0.3) is 11.3 Å². The molecule has 3 aliphatic heterocycles. The number of hydrogen-bond acceptors (Lipinski definition) is 3. The molecule has 0 saturated carbocycles. The van der Waals surface area contributed by atoms with Crippen molar-refractivity contribution in [2.24, 2.45) is 5.92 Å². The molecule has 134 valence electrons. The van der Waals surface area contributed by atoms with Gasteiger partial charge in [-0.2, -0.15) is 0 Å². The monoisotopic (exact) mass is 346 g/mol. The first-order chi connectivity index (χ1) is 12.7. The number of hydrogen-bond donors (Lipinski definition) is 1. The maximum atomic E-state index is 11.0. The smallest absolute Gasteiger partial charge is 0.141 e. The van der Waals surface area contributed by atoms with Gasteiger partial charge < -0.3 is 5.11 Å². The third-order valence-corrected chi connectivity index (χ3v) is 5.67. The van der Waals surface area contributed by atoms with E-state index in [0.29, 0.717) is 12.5 Å². The minimum Gasteiger partial charge on any atom is -0.376 e. The normalized spacial score (nSPS) is 27.0. The second-order valence-electron chi connectivity index (χ2n) is 7.53. The summed E-state index contributed by atoms with van der Waals surface area (Å²) in [7, 11) is 0. The molecule has 2 aromatic rings. The van der Waals surface area contributed by atoms with Gasteiger partial charge in [0, 0.05) is 23.6 Å². The van der Waals surface area contributed by atoms with Crippen molar-refractivity contribution in [1.29, 1.82) is 0 Å². The van der Waals surface area contributed by atoms with Crippen LogP contribution in [-0.4, -0.2) is 40.2 Å². The van der Waals surface area contributed by atoms with Crippen molar-refractivity contribution in [2.75, 3.05) is 19.6 Å². The Hall–Kier alpha value is -2.15. The van der Waals surface area contributed by atoms with E-state index in [1.54, 1.807) is 0 Å². The number of aliphatic hydroxyl groups is 1. The van der Waals surface area contributed by atoms with Crippen molar-refractivity contribution in [3.63, 3.8) is 0 Å². The molecule has 0 aliphatic carbocycles.